The molecule has 0 amide bonds. The van der Waals surface area contributed by atoms with Crippen LogP contribution in [0.4, 0.5) is 0 Å². The average molecular weight is 351 g/mol. The summed E-state index contributed by atoms with van der Waals surface area (Å²) in [4.78, 5) is 0. The van der Waals surface area contributed by atoms with Gasteiger partial charge in [0.1, 0.15) is 0 Å². The molecule has 1 atom stereocenters. The van der Waals surface area contributed by atoms with E-state index in [4.69, 9.17) is 11.6 Å². The molecule has 3 rings (SSSR count). The lowest BCUT2D eigenvalue weighted by Crippen LogP contribution is -2.22. The van der Waals surface area contributed by atoms with Crippen molar-refractivity contribution in [3.63, 3.8) is 0 Å². The average Bonchev–Trinajstić information content (AvgIpc) is 3.29. The van der Waals surface area contributed by atoms with Crippen LogP contribution in [0, 0.1) is 5.92 Å². The van der Waals surface area contributed by atoms with Crippen molar-refractivity contribution in [3.8, 4) is 0 Å². The van der Waals surface area contributed by atoms with Gasteiger partial charge in [-0.1, -0.05) is 48.0 Å². The molecule has 1 saturated carbocycles. The molecule has 104 valence electrons. The second-order valence-corrected chi connectivity index (χ2v) is 6.62. The third-order valence-corrected chi connectivity index (χ3v) is 4.98. The Bertz CT molecular complexity index is 581. The summed E-state index contributed by atoms with van der Waals surface area (Å²) in [6.07, 6.45) is 2.66. The van der Waals surface area contributed by atoms with E-state index in [1.807, 2.05) is 6.07 Å². The van der Waals surface area contributed by atoms with Crippen LogP contribution in [-0.4, -0.2) is 0 Å². The summed E-state index contributed by atoms with van der Waals surface area (Å²) in [6, 6.07) is 17.3. The molecule has 0 spiro atoms. The summed E-state index contributed by atoms with van der Waals surface area (Å²) < 4.78 is 0.959. The van der Waals surface area contributed by atoms with Crippen LogP contribution < -0.4 is 5.32 Å². The van der Waals surface area contributed by atoms with Crippen LogP contribution in [0.2, 0.25) is 5.02 Å². The van der Waals surface area contributed by atoms with Crippen LogP contribution >= 0.6 is 27.5 Å². The molecule has 0 radical (unpaired) electrons. The SMILES string of the molecule is Clc1ccc(CNC(c2ccccc2)C2CC2)cc1Br. The molecule has 3 heteroatoms. The lowest BCUT2D eigenvalue weighted by atomic mass is 10.0. The maximum absolute atomic E-state index is 6.03. The lowest BCUT2D eigenvalue weighted by molar-refractivity contribution is 0.480. The van der Waals surface area contributed by atoms with Crippen LogP contribution in [-0.2, 0) is 6.54 Å². The van der Waals surface area contributed by atoms with Gasteiger partial charge in [-0.3, -0.25) is 0 Å². The Morgan fingerprint density at radius 1 is 1.15 bits per heavy atom. The van der Waals surface area contributed by atoms with Gasteiger partial charge in [-0.25, -0.2) is 0 Å². The normalized spacial score (nSPS) is 16.1. The number of hydrogen-bond donors (Lipinski definition) is 1. The first-order valence-electron chi connectivity index (χ1n) is 6.96. The monoisotopic (exact) mass is 349 g/mol. The van der Waals surface area contributed by atoms with E-state index in [0.717, 1.165) is 22.0 Å². The Balaban J connectivity index is 1.70. The van der Waals surface area contributed by atoms with E-state index in [-0.39, 0.29) is 0 Å². The minimum Gasteiger partial charge on any atom is -0.306 e. The van der Waals surface area contributed by atoms with Gasteiger partial charge >= 0.3 is 0 Å². The van der Waals surface area contributed by atoms with Crippen molar-refractivity contribution in [2.45, 2.75) is 25.4 Å². The first-order valence-corrected chi connectivity index (χ1v) is 8.13. The Morgan fingerprint density at radius 3 is 2.55 bits per heavy atom. The number of rotatable bonds is 5. The first-order chi connectivity index (χ1) is 9.74. The molecule has 1 unspecified atom stereocenters. The first kappa shape index (κ1) is 14.1. The topological polar surface area (TPSA) is 12.0 Å². The highest BCUT2D eigenvalue weighted by Gasteiger charge is 2.31. The molecule has 1 aliphatic carbocycles. The highest BCUT2D eigenvalue weighted by molar-refractivity contribution is 9.10. The maximum atomic E-state index is 6.03. The fourth-order valence-electron chi connectivity index (χ4n) is 2.52. The highest BCUT2D eigenvalue weighted by Crippen LogP contribution is 2.41. The van der Waals surface area contributed by atoms with Gasteiger partial charge in [0, 0.05) is 17.1 Å². The molecule has 1 N–H and O–H groups in total. The van der Waals surface area contributed by atoms with Crippen molar-refractivity contribution in [1.29, 1.82) is 0 Å². The molecular weight excluding hydrogens is 334 g/mol. The van der Waals surface area contributed by atoms with Gasteiger partial charge in [-0.2, -0.15) is 0 Å². The molecule has 0 aliphatic heterocycles. The van der Waals surface area contributed by atoms with Gasteiger partial charge in [-0.15, -0.1) is 0 Å². The van der Waals surface area contributed by atoms with Crippen molar-refractivity contribution in [2.75, 3.05) is 0 Å². The van der Waals surface area contributed by atoms with Crippen molar-refractivity contribution in [1.82, 2.24) is 5.32 Å². The molecule has 1 aliphatic rings. The highest BCUT2D eigenvalue weighted by atomic mass is 79.9. The van der Waals surface area contributed by atoms with Gasteiger partial charge in [0.25, 0.3) is 0 Å². The zero-order chi connectivity index (χ0) is 13.9. The van der Waals surface area contributed by atoms with Crippen molar-refractivity contribution in [2.24, 2.45) is 5.92 Å². The zero-order valence-electron chi connectivity index (χ0n) is 11.2. The molecule has 0 aromatic heterocycles. The second-order valence-electron chi connectivity index (χ2n) is 5.36. The van der Waals surface area contributed by atoms with Crippen LogP contribution in [0.1, 0.15) is 30.0 Å². The molecule has 2 aromatic carbocycles. The van der Waals surface area contributed by atoms with Gasteiger partial charge in [-0.05, 0) is 57.9 Å². The second kappa shape index (κ2) is 6.30. The van der Waals surface area contributed by atoms with Gasteiger partial charge in [0.05, 0.1) is 5.02 Å². The van der Waals surface area contributed by atoms with Crippen LogP contribution in [0.15, 0.2) is 53.0 Å². The molecule has 20 heavy (non-hydrogen) atoms. The summed E-state index contributed by atoms with van der Waals surface area (Å²) in [7, 11) is 0. The number of halogens is 2. The van der Waals surface area contributed by atoms with Crippen molar-refractivity contribution in [3.05, 3.63) is 69.2 Å². The van der Waals surface area contributed by atoms with E-state index in [9.17, 15) is 0 Å². The molecule has 2 aromatic rings. The Morgan fingerprint density at radius 2 is 1.90 bits per heavy atom. The van der Waals surface area contributed by atoms with E-state index < -0.39 is 0 Å². The predicted octanol–water partition coefficient (Wildman–Crippen LogP) is 5.34. The third-order valence-electron chi connectivity index (χ3n) is 3.76. The summed E-state index contributed by atoms with van der Waals surface area (Å²) in [5, 5.41) is 4.46. The quantitative estimate of drug-likeness (QED) is 0.767. The van der Waals surface area contributed by atoms with E-state index in [1.165, 1.54) is 24.0 Å². The van der Waals surface area contributed by atoms with Crippen molar-refractivity contribution >= 4 is 27.5 Å². The largest absolute Gasteiger partial charge is 0.306 e. The van der Waals surface area contributed by atoms with Crippen LogP contribution in [0.5, 0.6) is 0 Å². The molecular formula is C17H17BrClN. The Labute approximate surface area is 133 Å². The third kappa shape index (κ3) is 3.43. The van der Waals surface area contributed by atoms with Crippen LogP contribution in [0.25, 0.3) is 0 Å². The standard InChI is InChI=1S/C17H17BrClN/c18-15-10-12(6-9-16(15)19)11-20-17(14-7-8-14)13-4-2-1-3-5-13/h1-6,9-10,14,17,20H,7-8,11H2. The summed E-state index contributed by atoms with van der Waals surface area (Å²) in [5.41, 5.74) is 2.64. The lowest BCUT2D eigenvalue weighted by Gasteiger charge is -2.19. The fraction of sp³-hybridized carbons (Fsp3) is 0.294. The summed E-state index contributed by atoms with van der Waals surface area (Å²) >= 11 is 9.51. The maximum Gasteiger partial charge on any atom is 0.0548 e. The molecule has 1 nitrogen and oxygen atoms in total. The predicted molar refractivity (Wildman–Crippen MR) is 87.9 cm³/mol. The minimum absolute atomic E-state index is 0.464. The Hall–Kier alpha value is -0.830. The summed E-state index contributed by atoms with van der Waals surface area (Å²) in [6.45, 7) is 0.867. The molecule has 0 bridgehead atoms. The van der Waals surface area contributed by atoms with Gasteiger partial charge in [0.15, 0.2) is 0 Å². The summed E-state index contributed by atoms with van der Waals surface area (Å²) in [5.74, 6) is 0.785. The fourth-order valence-corrected chi connectivity index (χ4v) is 3.07. The van der Waals surface area contributed by atoms with E-state index in [2.05, 4.69) is 63.7 Å². The molecule has 1 fully saturated rings. The minimum atomic E-state index is 0.464. The molecule has 0 heterocycles. The number of benzene rings is 2. The van der Waals surface area contributed by atoms with E-state index in [0.29, 0.717) is 6.04 Å². The zero-order valence-corrected chi connectivity index (χ0v) is 13.5. The van der Waals surface area contributed by atoms with Gasteiger partial charge < -0.3 is 5.32 Å². The van der Waals surface area contributed by atoms with E-state index in [1.54, 1.807) is 0 Å². The number of hydrogen-bond acceptors (Lipinski definition) is 1. The van der Waals surface area contributed by atoms with Crippen LogP contribution in [0.3, 0.4) is 0 Å². The Kier molecular flexibility index (Phi) is 4.45. The van der Waals surface area contributed by atoms with E-state index >= 15 is 0 Å². The molecule has 0 saturated heterocycles. The van der Waals surface area contributed by atoms with Crippen molar-refractivity contribution < 1.29 is 0 Å². The number of nitrogens with one attached hydrogen (secondary N) is 1. The smallest absolute Gasteiger partial charge is 0.0548 e. The van der Waals surface area contributed by atoms with Gasteiger partial charge in [0.2, 0.25) is 0 Å².